The van der Waals surface area contributed by atoms with Crippen molar-refractivity contribution in [3.8, 4) is 0 Å². The Labute approximate surface area is 111 Å². The molecular weight excluding hydrogens is 220 g/mol. The van der Waals surface area contributed by atoms with Gasteiger partial charge in [-0.15, -0.1) is 0 Å². The lowest BCUT2D eigenvalue weighted by Crippen LogP contribution is -2.42. The maximum atomic E-state index is 10.7. The number of hydrogen-bond donors (Lipinski definition) is 0. The number of hydrogen-bond acceptors (Lipinski definition) is 1. The topological polar surface area (TPSA) is 17.1 Å². The molecule has 0 aliphatic heterocycles. The summed E-state index contributed by atoms with van der Waals surface area (Å²) in [7, 11) is 0. The van der Waals surface area contributed by atoms with E-state index in [0.29, 0.717) is 6.42 Å². The van der Waals surface area contributed by atoms with Crippen molar-refractivity contribution in [1.82, 2.24) is 0 Å². The lowest BCUT2D eigenvalue weighted by molar-refractivity contribution is -0.107. The standard InChI is InChI=1S/C17H24O/c1-15(2)13-8-7-12(9-10-18)11-14(13)16(3,4)17(15,5)6/h7-8,10-11H,9H2,1-6H3. The van der Waals surface area contributed by atoms with E-state index >= 15 is 0 Å². The van der Waals surface area contributed by atoms with Crippen LogP contribution < -0.4 is 0 Å². The molecule has 0 fully saturated rings. The summed E-state index contributed by atoms with van der Waals surface area (Å²) >= 11 is 0. The lowest BCUT2D eigenvalue weighted by atomic mass is 9.59. The first-order valence-corrected chi connectivity index (χ1v) is 6.74. The van der Waals surface area contributed by atoms with E-state index in [9.17, 15) is 4.79 Å². The van der Waals surface area contributed by atoms with Gasteiger partial charge in [-0.1, -0.05) is 59.7 Å². The van der Waals surface area contributed by atoms with E-state index < -0.39 is 0 Å². The van der Waals surface area contributed by atoms with Gasteiger partial charge in [0.2, 0.25) is 0 Å². The number of carbonyl (C=O) groups is 1. The smallest absolute Gasteiger partial charge is 0.124 e. The second kappa shape index (κ2) is 3.69. The number of rotatable bonds is 2. The Morgan fingerprint density at radius 2 is 1.50 bits per heavy atom. The lowest BCUT2D eigenvalue weighted by Gasteiger charge is -2.44. The van der Waals surface area contributed by atoms with Gasteiger partial charge in [0, 0.05) is 6.42 Å². The Kier molecular flexibility index (Phi) is 2.73. The van der Waals surface area contributed by atoms with Crippen LogP contribution in [0.4, 0.5) is 0 Å². The first kappa shape index (κ1) is 13.3. The van der Waals surface area contributed by atoms with E-state index in [1.54, 1.807) is 0 Å². The highest BCUT2D eigenvalue weighted by molar-refractivity contribution is 5.57. The summed E-state index contributed by atoms with van der Waals surface area (Å²) in [6.07, 6.45) is 1.50. The average Bonchev–Trinajstić information content (AvgIpc) is 2.37. The Hall–Kier alpha value is -1.11. The summed E-state index contributed by atoms with van der Waals surface area (Å²) in [6, 6.07) is 6.57. The molecular formula is C17H24O. The van der Waals surface area contributed by atoms with Crippen LogP contribution >= 0.6 is 0 Å². The highest BCUT2D eigenvalue weighted by Crippen LogP contribution is 2.61. The Morgan fingerprint density at radius 1 is 0.944 bits per heavy atom. The molecule has 1 heteroatoms. The van der Waals surface area contributed by atoms with E-state index in [-0.39, 0.29) is 16.2 Å². The van der Waals surface area contributed by atoms with Crippen molar-refractivity contribution in [3.05, 3.63) is 34.9 Å². The van der Waals surface area contributed by atoms with E-state index in [1.165, 1.54) is 11.1 Å². The molecule has 2 rings (SSSR count). The number of benzene rings is 1. The fourth-order valence-corrected chi connectivity index (χ4v) is 3.33. The third-order valence-electron chi connectivity index (χ3n) is 5.87. The molecule has 1 nitrogen and oxygen atoms in total. The van der Waals surface area contributed by atoms with Crippen LogP contribution in [-0.2, 0) is 22.0 Å². The summed E-state index contributed by atoms with van der Waals surface area (Å²) < 4.78 is 0. The van der Waals surface area contributed by atoms with Gasteiger partial charge in [-0.05, 0) is 32.9 Å². The Bertz CT molecular complexity index is 492. The zero-order chi connectivity index (χ0) is 13.8. The predicted molar refractivity (Wildman–Crippen MR) is 76.0 cm³/mol. The molecule has 0 saturated carbocycles. The van der Waals surface area contributed by atoms with Crippen molar-refractivity contribution >= 4 is 6.29 Å². The van der Waals surface area contributed by atoms with Gasteiger partial charge in [0.05, 0.1) is 0 Å². The largest absolute Gasteiger partial charge is 0.303 e. The summed E-state index contributed by atoms with van der Waals surface area (Å²) in [6.45, 7) is 14.0. The van der Waals surface area contributed by atoms with E-state index in [1.807, 2.05) is 0 Å². The van der Waals surface area contributed by atoms with Crippen molar-refractivity contribution in [2.45, 2.75) is 58.8 Å². The van der Waals surface area contributed by atoms with Crippen LogP contribution in [0.2, 0.25) is 0 Å². The van der Waals surface area contributed by atoms with Crippen LogP contribution in [0.15, 0.2) is 18.2 Å². The molecule has 0 aromatic heterocycles. The summed E-state index contributed by atoms with van der Waals surface area (Å²) in [5.74, 6) is 0. The molecule has 0 heterocycles. The van der Waals surface area contributed by atoms with E-state index in [4.69, 9.17) is 0 Å². The van der Waals surface area contributed by atoms with Crippen LogP contribution in [0.5, 0.6) is 0 Å². The molecule has 18 heavy (non-hydrogen) atoms. The molecule has 0 radical (unpaired) electrons. The minimum absolute atomic E-state index is 0.130. The van der Waals surface area contributed by atoms with Gasteiger partial charge in [0.25, 0.3) is 0 Å². The summed E-state index contributed by atoms with van der Waals surface area (Å²) in [5.41, 5.74) is 4.47. The monoisotopic (exact) mass is 244 g/mol. The Morgan fingerprint density at radius 3 is 2.06 bits per heavy atom. The highest BCUT2D eigenvalue weighted by Gasteiger charge is 2.56. The second-order valence-corrected chi connectivity index (χ2v) is 7.13. The predicted octanol–water partition coefficient (Wildman–Crippen LogP) is 4.02. The summed E-state index contributed by atoms with van der Waals surface area (Å²) in [4.78, 5) is 10.7. The molecule has 0 N–H and O–H groups in total. The van der Waals surface area contributed by atoms with Crippen LogP contribution in [0.1, 0.15) is 58.2 Å². The van der Waals surface area contributed by atoms with Gasteiger partial charge >= 0.3 is 0 Å². The molecule has 1 aliphatic rings. The molecule has 1 aromatic rings. The van der Waals surface area contributed by atoms with Gasteiger partial charge in [0.1, 0.15) is 6.29 Å². The molecule has 1 aliphatic carbocycles. The van der Waals surface area contributed by atoms with Gasteiger partial charge < -0.3 is 4.79 Å². The van der Waals surface area contributed by atoms with Crippen molar-refractivity contribution in [1.29, 1.82) is 0 Å². The number of fused-ring (bicyclic) bond motifs is 1. The highest BCUT2D eigenvalue weighted by atomic mass is 16.1. The minimum atomic E-state index is 0.130. The number of carbonyl (C=O) groups excluding carboxylic acids is 1. The summed E-state index contributed by atoms with van der Waals surface area (Å²) in [5, 5.41) is 0. The molecule has 98 valence electrons. The first-order valence-electron chi connectivity index (χ1n) is 6.74. The van der Waals surface area contributed by atoms with Gasteiger partial charge in [-0.25, -0.2) is 0 Å². The zero-order valence-electron chi connectivity index (χ0n) is 12.4. The van der Waals surface area contributed by atoms with Crippen molar-refractivity contribution in [2.24, 2.45) is 5.41 Å². The van der Waals surface area contributed by atoms with E-state index in [2.05, 4.69) is 59.7 Å². The third kappa shape index (κ3) is 1.43. The number of aldehydes is 1. The molecule has 1 aromatic carbocycles. The van der Waals surface area contributed by atoms with Gasteiger partial charge in [-0.2, -0.15) is 0 Å². The molecule has 0 atom stereocenters. The third-order valence-corrected chi connectivity index (χ3v) is 5.87. The van der Waals surface area contributed by atoms with Crippen LogP contribution in [0.25, 0.3) is 0 Å². The minimum Gasteiger partial charge on any atom is -0.303 e. The molecule has 0 bridgehead atoms. The van der Waals surface area contributed by atoms with Crippen molar-refractivity contribution in [2.75, 3.05) is 0 Å². The normalized spacial score (nSPS) is 22.6. The first-order chi connectivity index (χ1) is 8.16. The molecule has 0 amide bonds. The zero-order valence-corrected chi connectivity index (χ0v) is 12.4. The van der Waals surface area contributed by atoms with Crippen molar-refractivity contribution in [3.63, 3.8) is 0 Å². The molecule has 0 unspecified atom stereocenters. The SMILES string of the molecule is CC1(C)c2ccc(CC=O)cc2C(C)(C)C1(C)C. The fourth-order valence-electron chi connectivity index (χ4n) is 3.33. The fraction of sp³-hybridized carbons (Fsp3) is 0.588. The second-order valence-electron chi connectivity index (χ2n) is 7.13. The van der Waals surface area contributed by atoms with Crippen molar-refractivity contribution < 1.29 is 4.79 Å². The van der Waals surface area contributed by atoms with Crippen LogP contribution in [-0.4, -0.2) is 6.29 Å². The molecule has 0 saturated heterocycles. The van der Waals surface area contributed by atoms with E-state index in [0.717, 1.165) is 11.8 Å². The Balaban J connectivity index is 2.67. The molecule has 0 spiro atoms. The van der Waals surface area contributed by atoms with Gasteiger partial charge in [-0.3, -0.25) is 0 Å². The average molecular weight is 244 g/mol. The quantitative estimate of drug-likeness (QED) is 0.718. The maximum Gasteiger partial charge on any atom is 0.124 e. The maximum absolute atomic E-state index is 10.7. The van der Waals surface area contributed by atoms with Crippen LogP contribution in [0, 0.1) is 5.41 Å². The van der Waals surface area contributed by atoms with Gasteiger partial charge in [0.15, 0.2) is 0 Å². The van der Waals surface area contributed by atoms with Crippen LogP contribution in [0.3, 0.4) is 0 Å².